The number of amides is 1. The number of ether oxygens (including phenoxy) is 1. The van der Waals surface area contributed by atoms with E-state index < -0.39 is 24.0 Å². The van der Waals surface area contributed by atoms with Gasteiger partial charge in [0, 0.05) is 0 Å². The van der Waals surface area contributed by atoms with Crippen LogP contribution in [0, 0.1) is 0 Å². The average Bonchev–Trinajstić information content (AvgIpc) is 3.10. The molecule has 0 aromatic carbocycles. The van der Waals surface area contributed by atoms with Crippen LogP contribution in [0.3, 0.4) is 0 Å². The van der Waals surface area contributed by atoms with E-state index in [1.54, 1.807) is 15.5 Å². The summed E-state index contributed by atoms with van der Waals surface area (Å²) in [5.41, 5.74) is -0.473. The van der Waals surface area contributed by atoms with Gasteiger partial charge < -0.3 is 0 Å². The van der Waals surface area contributed by atoms with Crippen molar-refractivity contribution in [3.8, 4) is 0 Å². The molecule has 0 unspecified atom stereocenters. The Kier molecular flexibility index (Phi) is 12.8. The van der Waals surface area contributed by atoms with Gasteiger partial charge >= 0.3 is 194 Å². The molecule has 5 nitrogen and oxygen atoms in total. The first-order valence-corrected chi connectivity index (χ1v) is 20.5. The number of hydrogen-bond donors (Lipinski definition) is 1. The van der Waals surface area contributed by atoms with Gasteiger partial charge in [0.1, 0.15) is 0 Å². The zero-order valence-corrected chi connectivity index (χ0v) is 24.1. The summed E-state index contributed by atoms with van der Waals surface area (Å²) in [6, 6.07) is 2.40. The Balaban J connectivity index is 3.10. The van der Waals surface area contributed by atoms with E-state index in [2.05, 4.69) is 43.1 Å². The Hall–Kier alpha value is -0.371. The van der Waals surface area contributed by atoms with E-state index in [1.165, 1.54) is 51.8 Å². The molecule has 1 aromatic heterocycles. The fourth-order valence-corrected chi connectivity index (χ4v) is 21.1. The predicted molar refractivity (Wildman–Crippen MR) is 133 cm³/mol. The number of thioether (sulfide) groups is 1. The molecule has 0 atom stereocenters. The van der Waals surface area contributed by atoms with Gasteiger partial charge in [-0.05, 0) is 0 Å². The number of nitrogens with zero attached hydrogens (tertiary/aromatic N) is 2. The normalized spacial score (nSPS) is 12.2. The quantitative estimate of drug-likeness (QED) is 0.224. The Bertz CT molecular complexity index is 607. The second-order valence-corrected chi connectivity index (χ2v) is 23.2. The fourth-order valence-electron chi connectivity index (χ4n) is 3.97. The Morgan fingerprint density at radius 3 is 2.07 bits per heavy atom. The van der Waals surface area contributed by atoms with Crippen molar-refractivity contribution in [3.63, 3.8) is 0 Å². The number of nitrogens with one attached hydrogen (secondary N) is 1. The van der Waals surface area contributed by atoms with Crippen molar-refractivity contribution in [1.82, 2.24) is 15.1 Å². The number of hydrogen-bond acceptors (Lipinski definition) is 4. The van der Waals surface area contributed by atoms with Crippen molar-refractivity contribution >= 4 is 39.9 Å². The third kappa shape index (κ3) is 9.41. The molecule has 0 aliphatic carbocycles. The van der Waals surface area contributed by atoms with Crippen LogP contribution in [-0.4, -0.2) is 52.7 Å². The van der Waals surface area contributed by atoms with Gasteiger partial charge in [-0.1, -0.05) is 0 Å². The zero-order chi connectivity index (χ0) is 22.6. The number of carbonyl (C=O) groups is 1. The molecule has 1 rings (SSSR count). The molecule has 0 aliphatic rings. The predicted octanol–water partition coefficient (Wildman–Crippen LogP) is 6.19. The van der Waals surface area contributed by atoms with Crippen molar-refractivity contribution in [2.24, 2.45) is 0 Å². The first kappa shape index (κ1) is 27.7. The van der Waals surface area contributed by atoms with Gasteiger partial charge in [0.2, 0.25) is 0 Å². The maximum absolute atomic E-state index is 12.1. The van der Waals surface area contributed by atoms with Crippen LogP contribution in [0.5, 0.6) is 0 Å². The van der Waals surface area contributed by atoms with E-state index in [-0.39, 0.29) is 6.09 Å². The van der Waals surface area contributed by atoms with Gasteiger partial charge in [-0.2, -0.15) is 0 Å². The molecule has 1 amide bonds. The van der Waals surface area contributed by atoms with Crippen molar-refractivity contribution in [2.45, 2.75) is 111 Å². The summed E-state index contributed by atoms with van der Waals surface area (Å²) < 4.78 is 13.5. The van der Waals surface area contributed by atoms with Crippen LogP contribution in [0.4, 0.5) is 4.79 Å². The molecule has 1 aromatic rings. The van der Waals surface area contributed by atoms with Crippen LogP contribution in [0.15, 0.2) is 11.1 Å². The molecule has 0 spiro atoms. The van der Waals surface area contributed by atoms with E-state index in [0.717, 1.165) is 11.6 Å². The van der Waals surface area contributed by atoms with Gasteiger partial charge in [-0.3, -0.25) is 0 Å². The van der Waals surface area contributed by atoms with Crippen LogP contribution < -0.4 is 9.03 Å². The molecule has 0 bridgehead atoms. The van der Waals surface area contributed by atoms with Gasteiger partial charge in [0.05, 0.1) is 0 Å². The zero-order valence-electron chi connectivity index (χ0n) is 20.5. The minimum atomic E-state index is -2.58. The summed E-state index contributed by atoms with van der Waals surface area (Å²) in [6.45, 7) is 13.9. The molecule has 174 valence electrons. The van der Waals surface area contributed by atoms with Gasteiger partial charge in [0.25, 0.3) is 0 Å². The van der Waals surface area contributed by atoms with Crippen LogP contribution in [-0.2, 0) is 11.3 Å². The van der Waals surface area contributed by atoms with E-state index in [9.17, 15) is 4.79 Å². The third-order valence-corrected chi connectivity index (χ3v) is 21.6. The van der Waals surface area contributed by atoms with Crippen molar-refractivity contribution in [3.05, 3.63) is 6.07 Å². The van der Waals surface area contributed by atoms with Gasteiger partial charge in [-0.25, -0.2) is 0 Å². The third-order valence-electron chi connectivity index (χ3n) is 5.53. The summed E-state index contributed by atoms with van der Waals surface area (Å²) in [6.07, 6.45) is 9.55. The number of rotatable bonds is 14. The van der Waals surface area contributed by atoms with Gasteiger partial charge in [-0.15, -0.1) is 0 Å². The molecular formula is C23H45N3O2SSn. The van der Waals surface area contributed by atoms with Crippen LogP contribution in [0.2, 0.25) is 13.3 Å². The van der Waals surface area contributed by atoms with Gasteiger partial charge in [0.15, 0.2) is 0 Å². The minimum absolute atomic E-state index is 0.348. The van der Waals surface area contributed by atoms with E-state index in [0.29, 0.717) is 6.54 Å². The molecule has 0 aliphatic heterocycles. The standard InChI is InChI=1S/C11H18N3O2S.3C4H9.Sn/c1-11(2,3)16-10(15)12-6-8-14-7-5-9(13-14)17-4;3*1-3-4-2;/h5H,6,8H2,1-4H3,(H,12,15);3*1,3-4H2,2H3;. The SMILES string of the molecule is CCC[CH2][Sn]([CH2]CCC)([CH2]CCC)[c]1cc(SC)nn1CCNC(=O)OC(C)(C)C. The Labute approximate surface area is 193 Å². The summed E-state index contributed by atoms with van der Waals surface area (Å²) in [5.74, 6) is 0. The molecule has 0 saturated heterocycles. The van der Waals surface area contributed by atoms with E-state index in [4.69, 9.17) is 9.84 Å². The maximum atomic E-state index is 12.1. The topological polar surface area (TPSA) is 56.2 Å². The number of alkyl carbamates (subject to hydrolysis) is 1. The van der Waals surface area contributed by atoms with Crippen LogP contribution in [0.25, 0.3) is 0 Å². The fraction of sp³-hybridized carbons (Fsp3) is 0.826. The van der Waals surface area contributed by atoms with Crippen molar-refractivity contribution in [1.29, 1.82) is 0 Å². The number of carbonyl (C=O) groups excluding carboxylic acids is 1. The summed E-state index contributed by atoms with van der Waals surface area (Å²) >= 11 is -0.851. The van der Waals surface area contributed by atoms with Crippen molar-refractivity contribution < 1.29 is 9.53 Å². The van der Waals surface area contributed by atoms with E-state index in [1.807, 2.05) is 20.8 Å². The second-order valence-electron chi connectivity index (χ2n) is 9.31. The second kappa shape index (κ2) is 13.9. The molecule has 0 radical (unpaired) electrons. The first-order chi connectivity index (χ1) is 14.2. The van der Waals surface area contributed by atoms with Crippen molar-refractivity contribution in [2.75, 3.05) is 12.8 Å². The molecule has 1 N–H and O–H groups in total. The molecule has 30 heavy (non-hydrogen) atoms. The van der Waals surface area contributed by atoms with Crippen LogP contribution in [0.1, 0.15) is 80.1 Å². The first-order valence-electron chi connectivity index (χ1n) is 11.8. The molecule has 7 heteroatoms. The average molecular weight is 546 g/mol. The summed E-state index contributed by atoms with van der Waals surface area (Å²) in [5, 5.41) is 8.97. The monoisotopic (exact) mass is 547 g/mol. The summed E-state index contributed by atoms with van der Waals surface area (Å²) in [7, 11) is 0. The Morgan fingerprint density at radius 1 is 1.10 bits per heavy atom. The molecule has 1 heterocycles. The van der Waals surface area contributed by atoms with Crippen LogP contribution >= 0.6 is 11.8 Å². The number of unbranched alkanes of at least 4 members (excludes halogenated alkanes) is 3. The summed E-state index contributed by atoms with van der Waals surface area (Å²) in [4.78, 5) is 12.1. The molecular weight excluding hydrogens is 501 g/mol. The molecule has 0 saturated carbocycles. The molecule has 0 fully saturated rings. The Morgan fingerprint density at radius 2 is 1.63 bits per heavy atom. The van der Waals surface area contributed by atoms with E-state index >= 15 is 0 Å². The number of aromatic nitrogens is 2.